The molecule has 0 aliphatic rings. The molecule has 0 spiro atoms. The molecule has 0 aliphatic carbocycles. The zero-order valence-corrected chi connectivity index (χ0v) is 30.3. The lowest BCUT2D eigenvalue weighted by atomic mass is 9.94. The molecule has 2 amide bonds. The largest absolute Gasteiger partial charge is 0.496 e. The van der Waals surface area contributed by atoms with Crippen molar-refractivity contribution in [3.8, 4) is 22.6 Å². The third-order valence-corrected chi connectivity index (χ3v) is 8.69. The minimum Gasteiger partial charge on any atom is -0.496 e. The van der Waals surface area contributed by atoms with E-state index >= 15 is 0 Å². The van der Waals surface area contributed by atoms with Crippen LogP contribution in [0.1, 0.15) is 56.1 Å². The van der Waals surface area contributed by atoms with Crippen molar-refractivity contribution in [2.45, 2.75) is 51.9 Å². The minimum atomic E-state index is -1.05. The van der Waals surface area contributed by atoms with Crippen molar-refractivity contribution in [2.75, 3.05) is 38.1 Å². The molecule has 0 fully saturated rings. The van der Waals surface area contributed by atoms with E-state index in [4.69, 9.17) is 19.7 Å². The van der Waals surface area contributed by atoms with Gasteiger partial charge >= 0.3 is 11.9 Å². The van der Waals surface area contributed by atoms with Crippen molar-refractivity contribution >= 4 is 35.1 Å². The summed E-state index contributed by atoms with van der Waals surface area (Å²) in [4.78, 5) is 57.3. The first kappa shape index (κ1) is 40.8. The SMILES string of the molecule is COc1cc(C(=O)Nc2cccc(-c3cccc(NC(=O)c4cc(OC)c(CN[C@H](CO)CC(=O)O)cn4)c3C)c2C)ncc1CN[C@H](CO)CC(=O)O. The van der Waals surface area contributed by atoms with Gasteiger partial charge in [-0.2, -0.15) is 0 Å². The molecular weight excluding hydrogens is 700 g/mol. The summed E-state index contributed by atoms with van der Waals surface area (Å²) in [6.45, 7) is 3.32. The van der Waals surface area contributed by atoms with Crippen molar-refractivity contribution in [2.24, 2.45) is 0 Å². The lowest BCUT2D eigenvalue weighted by Gasteiger charge is -2.18. The summed E-state index contributed by atoms with van der Waals surface area (Å²) in [7, 11) is 2.89. The average molecular weight is 745 g/mol. The van der Waals surface area contributed by atoms with Crippen LogP contribution in [0.3, 0.4) is 0 Å². The summed E-state index contributed by atoms with van der Waals surface area (Å²) >= 11 is 0. The predicted octanol–water partition coefficient (Wildman–Crippen LogP) is 3.13. The lowest BCUT2D eigenvalue weighted by molar-refractivity contribution is -0.138. The topological polar surface area (TPSA) is 242 Å². The number of methoxy groups -OCH3 is 2. The van der Waals surface area contributed by atoms with Crippen LogP contribution in [0.2, 0.25) is 0 Å². The lowest BCUT2D eigenvalue weighted by Crippen LogP contribution is -2.34. The highest BCUT2D eigenvalue weighted by Gasteiger charge is 2.20. The molecule has 0 radical (unpaired) electrons. The zero-order valence-electron chi connectivity index (χ0n) is 30.3. The molecule has 0 aliphatic heterocycles. The summed E-state index contributed by atoms with van der Waals surface area (Å²) in [5.41, 5.74) is 5.56. The molecule has 2 aromatic heterocycles. The van der Waals surface area contributed by atoms with Gasteiger partial charge in [0.15, 0.2) is 0 Å². The second-order valence-electron chi connectivity index (χ2n) is 12.3. The van der Waals surface area contributed by atoms with E-state index in [0.29, 0.717) is 34.0 Å². The van der Waals surface area contributed by atoms with E-state index in [1.54, 1.807) is 24.3 Å². The van der Waals surface area contributed by atoms with E-state index in [2.05, 4.69) is 31.2 Å². The fourth-order valence-corrected chi connectivity index (χ4v) is 5.66. The van der Waals surface area contributed by atoms with Crippen LogP contribution in [0, 0.1) is 13.8 Å². The smallest absolute Gasteiger partial charge is 0.305 e. The van der Waals surface area contributed by atoms with Crippen molar-refractivity contribution in [3.63, 3.8) is 0 Å². The Bertz CT molecular complexity index is 1850. The zero-order chi connectivity index (χ0) is 39.4. The Hall–Kier alpha value is -5.94. The van der Waals surface area contributed by atoms with Crippen LogP contribution in [-0.2, 0) is 22.7 Å². The molecule has 4 rings (SSSR count). The van der Waals surface area contributed by atoms with Crippen LogP contribution in [0.5, 0.6) is 11.5 Å². The highest BCUT2D eigenvalue weighted by molar-refractivity contribution is 6.05. The molecule has 0 unspecified atom stereocenters. The van der Waals surface area contributed by atoms with Gasteiger partial charge in [0.2, 0.25) is 0 Å². The van der Waals surface area contributed by atoms with E-state index in [1.165, 1.54) is 38.7 Å². The number of carboxylic acid groups (broad SMARTS) is 2. The summed E-state index contributed by atoms with van der Waals surface area (Å²) in [6, 6.07) is 12.6. The van der Waals surface area contributed by atoms with Gasteiger partial charge in [-0.3, -0.25) is 29.1 Å². The van der Waals surface area contributed by atoms with Gasteiger partial charge in [-0.05, 0) is 48.2 Å². The number of nitrogens with zero attached hydrogens (tertiary/aromatic N) is 2. The number of aromatic nitrogens is 2. The molecule has 2 heterocycles. The van der Waals surface area contributed by atoms with Gasteiger partial charge in [0.25, 0.3) is 11.8 Å². The Morgan fingerprint density at radius 1 is 0.667 bits per heavy atom. The van der Waals surface area contributed by atoms with E-state index in [9.17, 15) is 29.4 Å². The maximum absolute atomic E-state index is 13.3. The van der Waals surface area contributed by atoms with Gasteiger partial charge < -0.3 is 51.2 Å². The number of amides is 2. The van der Waals surface area contributed by atoms with Crippen LogP contribution in [-0.4, -0.2) is 93.7 Å². The number of ether oxygens (including phenoxy) is 2. The van der Waals surface area contributed by atoms with Gasteiger partial charge in [-0.25, -0.2) is 0 Å². The molecule has 16 heteroatoms. The van der Waals surface area contributed by atoms with Gasteiger partial charge in [0.1, 0.15) is 22.9 Å². The molecule has 286 valence electrons. The minimum absolute atomic E-state index is 0.0904. The monoisotopic (exact) mass is 744 g/mol. The van der Waals surface area contributed by atoms with E-state index in [1.807, 2.05) is 26.0 Å². The Morgan fingerprint density at radius 2 is 1.06 bits per heavy atom. The summed E-state index contributed by atoms with van der Waals surface area (Å²) in [5, 5.41) is 48.7. The Balaban J connectivity index is 1.49. The molecule has 4 aromatic rings. The molecule has 2 atom stereocenters. The first-order valence-corrected chi connectivity index (χ1v) is 16.9. The third-order valence-electron chi connectivity index (χ3n) is 8.69. The Kier molecular flexibility index (Phi) is 14.5. The highest BCUT2D eigenvalue weighted by atomic mass is 16.5. The van der Waals surface area contributed by atoms with Gasteiger partial charge in [-0.15, -0.1) is 0 Å². The number of nitrogens with one attached hydrogen (secondary N) is 4. The normalized spacial score (nSPS) is 12.0. The Morgan fingerprint density at radius 3 is 1.39 bits per heavy atom. The second kappa shape index (κ2) is 19.2. The molecule has 8 N–H and O–H groups in total. The van der Waals surface area contributed by atoms with Crippen LogP contribution < -0.4 is 30.7 Å². The summed E-state index contributed by atoms with van der Waals surface area (Å²) < 4.78 is 10.9. The van der Waals surface area contributed by atoms with Crippen molar-refractivity contribution in [1.29, 1.82) is 0 Å². The first-order valence-electron chi connectivity index (χ1n) is 16.9. The maximum atomic E-state index is 13.3. The number of carboxylic acids is 2. The van der Waals surface area contributed by atoms with Gasteiger partial charge in [0, 0.05) is 72.2 Å². The molecule has 16 nitrogen and oxygen atoms in total. The van der Waals surface area contributed by atoms with E-state index in [0.717, 1.165) is 22.3 Å². The van der Waals surface area contributed by atoms with Gasteiger partial charge in [-0.1, -0.05) is 24.3 Å². The number of hydrogen-bond donors (Lipinski definition) is 8. The van der Waals surface area contributed by atoms with Crippen LogP contribution in [0.15, 0.2) is 60.9 Å². The molecule has 54 heavy (non-hydrogen) atoms. The van der Waals surface area contributed by atoms with E-state index in [-0.39, 0.29) is 50.5 Å². The van der Waals surface area contributed by atoms with Crippen molar-refractivity contribution < 1.29 is 49.1 Å². The fourth-order valence-electron chi connectivity index (χ4n) is 5.66. The predicted molar refractivity (Wildman–Crippen MR) is 199 cm³/mol. The fraction of sp³-hybridized carbons (Fsp3) is 0.316. The van der Waals surface area contributed by atoms with Crippen molar-refractivity contribution in [1.82, 2.24) is 20.6 Å². The Labute approximate surface area is 311 Å². The average Bonchev–Trinajstić information content (AvgIpc) is 3.16. The van der Waals surface area contributed by atoms with Crippen LogP contribution >= 0.6 is 0 Å². The van der Waals surface area contributed by atoms with Crippen LogP contribution in [0.4, 0.5) is 11.4 Å². The molecule has 0 saturated carbocycles. The van der Waals surface area contributed by atoms with Crippen LogP contribution in [0.25, 0.3) is 11.1 Å². The number of anilines is 2. The quantitative estimate of drug-likeness (QED) is 0.0688. The number of hydrogen-bond acceptors (Lipinski definition) is 12. The number of pyridine rings is 2. The summed E-state index contributed by atoms with van der Waals surface area (Å²) in [5.74, 6) is -2.34. The van der Waals surface area contributed by atoms with Crippen molar-refractivity contribution in [3.05, 3.63) is 94.6 Å². The third kappa shape index (κ3) is 10.6. The summed E-state index contributed by atoms with van der Waals surface area (Å²) in [6.07, 6.45) is 2.38. The maximum Gasteiger partial charge on any atom is 0.305 e. The number of aliphatic hydroxyl groups is 2. The standard InChI is InChI=1S/C38H44N6O10/c1-21-27(7-5-9-29(21)43-37(51)31-13-33(53-3)23(17-41-31)15-39-25(19-45)11-35(47)48)28-8-6-10-30(22(28)2)44-38(52)32-14-34(54-4)24(18-42-32)16-40-26(20-46)12-36(49)50/h5-10,13-14,17-18,25-26,39-40,45-46H,11-12,15-16,19-20H2,1-4H3,(H,43,51)(H,44,52)(H,47,48)(H,49,50)/t25-,26-/m0/s1. The van der Waals surface area contributed by atoms with E-state index < -0.39 is 35.8 Å². The number of aliphatic hydroxyl groups excluding tert-OH is 2. The number of rotatable bonds is 19. The number of carbonyl (C=O) groups is 4. The van der Waals surface area contributed by atoms with Gasteiger partial charge in [0.05, 0.1) is 40.3 Å². The molecule has 0 saturated heterocycles. The number of aliphatic carboxylic acids is 2. The number of carbonyl (C=O) groups excluding carboxylic acids is 2. The first-order chi connectivity index (χ1) is 25.9. The second-order valence-corrected chi connectivity index (χ2v) is 12.3. The highest BCUT2D eigenvalue weighted by Crippen LogP contribution is 2.34. The molecule has 2 aromatic carbocycles. The molecule has 0 bridgehead atoms. The molecular formula is C38H44N6O10. The number of benzene rings is 2.